The number of hydrogen-bond donors (Lipinski definition) is 2. The average Bonchev–Trinajstić information content (AvgIpc) is 2.50. The zero-order chi connectivity index (χ0) is 9.90. The minimum atomic E-state index is -4.81. The molecule has 0 fully saturated rings. The number of amides is 1. The summed E-state index contributed by atoms with van der Waals surface area (Å²) in [7, 11) is 0. The fourth-order valence-electron chi connectivity index (χ4n) is 0.753. The molecular weight excluding hydrogens is 185 g/mol. The van der Waals surface area contributed by atoms with Gasteiger partial charge in [-0.25, -0.2) is 0 Å². The van der Waals surface area contributed by atoms with E-state index in [0.29, 0.717) is 5.69 Å². The number of rotatable bonds is 2. The minimum Gasteiger partial charge on any atom is -0.364 e. The van der Waals surface area contributed by atoms with Crippen LogP contribution in [0.4, 0.5) is 13.2 Å². The van der Waals surface area contributed by atoms with E-state index in [0.717, 1.165) is 0 Å². The summed E-state index contributed by atoms with van der Waals surface area (Å²) in [6.45, 7) is -0.147. The van der Waals surface area contributed by atoms with Crippen molar-refractivity contribution in [3.8, 4) is 0 Å². The topological polar surface area (TPSA) is 44.9 Å². The van der Waals surface area contributed by atoms with Gasteiger partial charge in [0.2, 0.25) is 0 Å². The molecule has 72 valence electrons. The molecule has 3 nitrogen and oxygen atoms in total. The van der Waals surface area contributed by atoms with Gasteiger partial charge in [0.15, 0.2) is 0 Å². The number of carbonyl (C=O) groups excluding carboxylic acids is 1. The molecule has 0 aromatic carbocycles. The first-order valence-corrected chi connectivity index (χ1v) is 3.47. The molecule has 0 aliphatic rings. The Kier molecular flexibility index (Phi) is 2.60. The molecule has 0 spiro atoms. The van der Waals surface area contributed by atoms with Crippen LogP contribution < -0.4 is 5.32 Å². The molecule has 1 heterocycles. The number of halogens is 3. The second-order valence-corrected chi connectivity index (χ2v) is 2.38. The molecule has 13 heavy (non-hydrogen) atoms. The van der Waals surface area contributed by atoms with Crippen molar-refractivity contribution in [1.29, 1.82) is 0 Å². The molecule has 1 amide bonds. The lowest BCUT2D eigenvalue weighted by molar-refractivity contribution is -0.173. The van der Waals surface area contributed by atoms with E-state index in [4.69, 9.17) is 0 Å². The van der Waals surface area contributed by atoms with Crippen LogP contribution in [0.25, 0.3) is 0 Å². The molecule has 2 N–H and O–H groups in total. The van der Waals surface area contributed by atoms with Crippen molar-refractivity contribution < 1.29 is 18.0 Å². The van der Waals surface area contributed by atoms with E-state index in [1.807, 2.05) is 0 Å². The highest BCUT2D eigenvalue weighted by molar-refractivity contribution is 5.81. The summed E-state index contributed by atoms with van der Waals surface area (Å²) < 4.78 is 35.0. The molecule has 0 aliphatic heterocycles. The fraction of sp³-hybridized carbons (Fsp3) is 0.286. The lowest BCUT2D eigenvalue weighted by Gasteiger charge is -2.06. The summed E-state index contributed by atoms with van der Waals surface area (Å²) in [5.74, 6) is -1.93. The number of hydrogen-bond acceptors (Lipinski definition) is 1. The van der Waals surface area contributed by atoms with Crippen molar-refractivity contribution in [2.75, 3.05) is 0 Å². The zero-order valence-electron chi connectivity index (χ0n) is 6.48. The number of nitrogens with one attached hydrogen (secondary N) is 2. The minimum absolute atomic E-state index is 0.147. The number of aromatic amines is 1. The number of H-pyrrole nitrogens is 1. The van der Waals surface area contributed by atoms with Crippen molar-refractivity contribution >= 4 is 5.91 Å². The van der Waals surface area contributed by atoms with E-state index in [9.17, 15) is 18.0 Å². The molecule has 1 rings (SSSR count). The maximum absolute atomic E-state index is 11.7. The molecule has 0 radical (unpaired) electrons. The van der Waals surface area contributed by atoms with Crippen LogP contribution in [-0.4, -0.2) is 17.1 Å². The monoisotopic (exact) mass is 192 g/mol. The zero-order valence-corrected chi connectivity index (χ0v) is 6.48. The van der Waals surface area contributed by atoms with Gasteiger partial charge in [-0.05, 0) is 12.1 Å². The van der Waals surface area contributed by atoms with Crippen LogP contribution >= 0.6 is 0 Å². The van der Waals surface area contributed by atoms with E-state index in [1.54, 1.807) is 23.6 Å². The van der Waals surface area contributed by atoms with Crippen molar-refractivity contribution in [3.05, 3.63) is 24.0 Å². The highest BCUT2D eigenvalue weighted by Crippen LogP contribution is 2.14. The second kappa shape index (κ2) is 3.51. The van der Waals surface area contributed by atoms with Gasteiger partial charge >= 0.3 is 12.1 Å². The molecule has 1 aromatic heterocycles. The molecule has 0 atom stereocenters. The Labute approximate surface area is 71.9 Å². The smallest absolute Gasteiger partial charge is 0.364 e. The molecule has 0 unspecified atom stereocenters. The summed E-state index contributed by atoms with van der Waals surface area (Å²) in [5.41, 5.74) is 0.526. The van der Waals surface area contributed by atoms with Gasteiger partial charge in [-0.3, -0.25) is 4.79 Å². The van der Waals surface area contributed by atoms with Crippen LogP contribution in [0.5, 0.6) is 0 Å². The average molecular weight is 192 g/mol. The van der Waals surface area contributed by atoms with Gasteiger partial charge in [-0.2, -0.15) is 13.2 Å². The Morgan fingerprint density at radius 2 is 2.23 bits per heavy atom. The standard InChI is InChI=1S/C7H7F3N2O/c8-7(9,10)6(13)12-4-5-2-1-3-11-5/h1-3,11H,4H2,(H,12,13). The third-order valence-corrected chi connectivity index (χ3v) is 1.36. The number of alkyl halides is 3. The third kappa shape index (κ3) is 2.81. The second-order valence-electron chi connectivity index (χ2n) is 2.38. The van der Waals surface area contributed by atoms with E-state index in [-0.39, 0.29) is 6.54 Å². The Bertz CT molecular complexity index is 278. The van der Waals surface area contributed by atoms with Crippen molar-refractivity contribution in [2.45, 2.75) is 12.7 Å². The number of aromatic nitrogens is 1. The lowest BCUT2D eigenvalue weighted by Crippen LogP contribution is -2.36. The summed E-state index contributed by atoms with van der Waals surface area (Å²) >= 11 is 0. The molecular formula is C7H7F3N2O. The summed E-state index contributed by atoms with van der Waals surface area (Å²) in [5, 5.41) is 1.73. The van der Waals surface area contributed by atoms with Crippen LogP contribution in [0.15, 0.2) is 18.3 Å². The Balaban J connectivity index is 2.40. The SMILES string of the molecule is O=C(NCc1ccc[nH]1)C(F)(F)F. The van der Waals surface area contributed by atoms with E-state index in [1.165, 1.54) is 0 Å². The van der Waals surface area contributed by atoms with Crippen LogP contribution in [0.1, 0.15) is 5.69 Å². The maximum atomic E-state index is 11.7. The van der Waals surface area contributed by atoms with Crippen molar-refractivity contribution in [1.82, 2.24) is 10.3 Å². The predicted octanol–water partition coefficient (Wildman–Crippen LogP) is 1.19. The van der Waals surface area contributed by atoms with Crippen molar-refractivity contribution in [3.63, 3.8) is 0 Å². The molecule has 0 saturated carbocycles. The van der Waals surface area contributed by atoms with Crippen LogP contribution in [0.3, 0.4) is 0 Å². The largest absolute Gasteiger partial charge is 0.471 e. The first-order valence-electron chi connectivity index (χ1n) is 3.47. The van der Waals surface area contributed by atoms with Gasteiger partial charge < -0.3 is 10.3 Å². The molecule has 0 saturated heterocycles. The van der Waals surface area contributed by atoms with Crippen LogP contribution in [-0.2, 0) is 11.3 Å². The van der Waals surface area contributed by atoms with E-state index in [2.05, 4.69) is 4.98 Å². The Morgan fingerprint density at radius 3 is 2.69 bits per heavy atom. The van der Waals surface area contributed by atoms with Crippen molar-refractivity contribution in [2.24, 2.45) is 0 Å². The Morgan fingerprint density at radius 1 is 1.54 bits per heavy atom. The Hall–Kier alpha value is -1.46. The molecule has 1 aromatic rings. The van der Waals surface area contributed by atoms with Gasteiger partial charge in [0.05, 0.1) is 6.54 Å². The molecule has 0 aliphatic carbocycles. The normalized spacial score (nSPS) is 11.3. The van der Waals surface area contributed by atoms with Gasteiger partial charge in [0, 0.05) is 11.9 Å². The maximum Gasteiger partial charge on any atom is 0.471 e. The highest BCUT2D eigenvalue weighted by Gasteiger charge is 2.38. The van der Waals surface area contributed by atoms with Crippen LogP contribution in [0.2, 0.25) is 0 Å². The van der Waals surface area contributed by atoms with Gasteiger partial charge in [0.25, 0.3) is 0 Å². The molecule has 6 heteroatoms. The summed E-state index contributed by atoms with van der Waals surface area (Å²) in [6, 6.07) is 3.21. The predicted molar refractivity (Wildman–Crippen MR) is 38.7 cm³/mol. The fourth-order valence-corrected chi connectivity index (χ4v) is 0.753. The molecule has 0 bridgehead atoms. The van der Waals surface area contributed by atoms with E-state index >= 15 is 0 Å². The van der Waals surface area contributed by atoms with Gasteiger partial charge in [-0.1, -0.05) is 0 Å². The quantitative estimate of drug-likeness (QED) is 0.726. The summed E-state index contributed by atoms with van der Waals surface area (Å²) in [4.78, 5) is 13.0. The van der Waals surface area contributed by atoms with Gasteiger partial charge in [-0.15, -0.1) is 0 Å². The first kappa shape index (κ1) is 9.63. The van der Waals surface area contributed by atoms with Crippen LogP contribution in [0, 0.1) is 0 Å². The van der Waals surface area contributed by atoms with E-state index < -0.39 is 12.1 Å². The van der Waals surface area contributed by atoms with Gasteiger partial charge in [0.1, 0.15) is 0 Å². The number of carbonyl (C=O) groups is 1. The highest BCUT2D eigenvalue weighted by atomic mass is 19.4. The lowest BCUT2D eigenvalue weighted by atomic mass is 10.4. The third-order valence-electron chi connectivity index (χ3n) is 1.36. The first-order chi connectivity index (χ1) is 6.00. The summed E-state index contributed by atoms with van der Waals surface area (Å²) in [6.07, 6.45) is -3.25.